The van der Waals surface area contributed by atoms with Crippen molar-refractivity contribution in [2.75, 3.05) is 46.1 Å². The lowest BCUT2D eigenvalue weighted by Gasteiger charge is -2.31. The summed E-state index contributed by atoms with van der Waals surface area (Å²) in [6, 6.07) is 4.13. The van der Waals surface area contributed by atoms with E-state index in [2.05, 4.69) is 21.9 Å². The number of hydrogen-bond donors (Lipinski definition) is 0. The molecule has 0 amide bonds. The summed E-state index contributed by atoms with van der Waals surface area (Å²) in [6.45, 7) is 7.17. The van der Waals surface area contributed by atoms with Crippen LogP contribution in [0.1, 0.15) is 36.0 Å². The molecule has 3 aliphatic rings. The summed E-state index contributed by atoms with van der Waals surface area (Å²) in [5, 5.41) is 1.10. The van der Waals surface area contributed by atoms with Crippen LogP contribution in [-0.2, 0) is 24.1 Å². The van der Waals surface area contributed by atoms with Crippen LogP contribution in [0.2, 0.25) is 0 Å². The Hall–Kier alpha value is -1.89. The maximum Gasteiger partial charge on any atom is 0.339 e. The third-order valence-corrected chi connectivity index (χ3v) is 6.29. The van der Waals surface area contributed by atoms with Gasteiger partial charge < -0.3 is 13.9 Å². The molecule has 0 bridgehead atoms. The Labute approximate surface area is 165 Å². The molecule has 0 radical (unpaired) electrons. The topological polar surface area (TPSA) is 55.2 Å². The van der Waals surface area contributed by atoms with Crippen LogP contribution in [0.3, 0.4) is 0 Å². The van der Waals surface area contributed by atoms with E-state index >= 15 is 0 Å². The second-order valence-electron chi connectivity index (χ2n) is 8.11. The fourth-order valence-electron chi connectivity index (χ4n) is 4.75. The molecular weight excluding hydrogens is 356 g/mol. The molecule has 3 heterocycles. The van der Waals surface area contributed by atoms with E-state index in [4.69, 9.17) is 13.9 Å². The molecule has 1 fully saturated rings. The quantitative estimate of drug-likeness (QED) is 0.755. The molecule has 1 saturated heterocycles. The predicted molar refractivity (Wildman–Crippen MR) is 107 cm³/mol. The van der Waals surface area contributed by atoms with Gasteiger partial charge in [0.1, 0.15) is 18.1 Å². The zero-order valence-electron chi connectivity index (χ0n) is 16.4. The maximum atomic E-state index is 12.6. The second-order valence-corrected chi connectivity index (χ2v) is 8.11. The number of rotatable bonds is 4. The average Bonchev–Trinajstić information content (AvgIpc) is 2.75. The Kier molecular flexibility index (Phi) is 5.09. The minimum atomic E-state index is -0.153. The lowest BCUT2D eigenvalue weighted by molar-refractivity contribution is 0.0330. The van der Waals surface area contributed by atoms with E-state index in [-0.39, 0.29) is 5.63 Å². The van der Waals surface area contributed by atoms with Gasteiger partial charge in [-0.05, 0) is 56.3 Å². The van der Waals surface area contributed by atoms with E-state index in [9.17, 15) is 4.79 Å². The first kappa shape index (κ1) is 18.2. The standard InChI is InChI=1S/C22H28N2O4/c25-22-18-5-2-1-4-16(18)17-6-7-20-19(21(17)28-22)14-24(15-27-20)9-3-8-23-10-12-26-13-11-23/h6-7H,1-5,8-15H2. The van der Waals surface area contributed by atoms with E-state index in [0.29, 0.717) is 6.73 Å². The first-order valence-electron chi connectivity index (χ1n) is 10.6. The van der Waals surface area contributed by atoms with Gasteiger partial charge in [-0.25, -0.2) is 4.79 Å². The van der Waals surface area contributed by atoms with Crippen molar-refractivity contribution in [2.45, 2.75) is 38.6 Å². The molecular formula is C22H28N2O4. The number of benzene rings is 1. The van der Waals surface area contributed by atoms with Gasteiger partial charge in [0.15, 0.2) is 0 Å². The molecule has 0 atom stereocenters. The second kappa shape index (κ2) is 7.85. The number of morpholine rings is 1. The third-order valence-electron chi connectivity index (χ3n) is 6.29. The van der Waals surface area contributed by atoms with Crippen molar-refractivity contribution in [2.24, 2.45) is 0 Å². The zero-order valence-corrected chi connectivity index (χ0v) is 16.4. The molecule has 2 aliphatic heterocycles. The molecule has 0 N–H and O–H groups in total. The van der Waals surface area contributed by atoms with Crippen LogP contribution >= 0.6 is 0 Å². The molecule has 1 aromatic carbocycles. The van der Waals surface area contributed by atoms with Gasteiger partial charge in [0, 0.05) is 37.1 Å². The van der Waals surface area contributed by atoms with Crippen LogP contribution in [0.4, 0.5) is 0 Å². The average molecular weight is 384 g/mol. The van der Waals surface area contributed by atoms with Gasteiger partial charge in [-0.2, -0.15) is 0 Å². The molecule has 0 spiro atoms. The van der Waals surface area contributed by atoms with E-state index in [1.54, 1.807) is 0 Å². The Bertz CT molecular complexity index is 917. The van der Waals surface area contributed by atoms with E-state index < -0.39 is 0 Å². The van der Waals surface area contributed by atoms with Gasteiger partial charge in [0.05, 0.1) is 18.8 Å². The molecule has 1 aliphatic carbocycles. The Balaban J connectivity index is 1.35. The molecule has 2 aromatic rings. The van der Waals surface area contributed by atoms with E-state index in [1.165, 1.54) is 5.56 Å². The molecule has 0 saturated carbocycles. The van der Waals surface area contributed by atoms with Gasteiger partial charge in [-0.15, -0.1) is 0 Å². The highest BCUT2D eigenvalue weighted by molar-refractivity contribution is 5.86. The highest BCUT2D eigenvalue weighted by Crippen LogP contribution is 2.35. The summed E-state index contributed by atoms with van der Waals surface area (Å²) in [6.07, 6.45) is 5.14. The fraction of sp³-hybridized carbons (Fsp3) is 0.591. The van der Waals surface area contributed by atoms with Crippen LogP contribution in [0.25, 0.3) is 11.0 Å². The van der Waals surface area contributed by atoms with Crippen molar-refractivity contribution >= 4 is 11.0 Å². The normalized spacial score (nSPS) is 20.6. The number of ether oxygens (including phenoxy) is 2. The van der Waals surface area contributed by atoms with Crippen molar-refractivity contribution in [3.8, 4) is 5.75 Å². The summed E-state index contributed by atoms with van der Waals surface area (Å²) in [4.78, 5) is 17.3. The Morgan fingerprint density at radius 3 is 2.57 bits per heavy atom. The minimum absolute atomic E-state index is 0.153. The Morgan fingerprint density at radius 1 is 0.929 bits per heavy atom. The minimum Gasteiger partial charge on any atom is -0.478 e. The molecule has 5 rings (SSSR count). The summed E-state index contributed by atoms with van der Waals surface area (Å²) in [5.41, 5.74) is 3.70. The first-order valence-corrected chi connectivity index (χ1v) is 10.6. The van der Waals surface area contributed by atoms with Crippen LogP contribution in [0.15, 0.2) is 21.3 Å². The van der Waals surface area contributed by atoms with Crippen LogP contribution < -0.4 is 10.4 Å². The summed E-state index contributed by atoms with van der Waals surface area (Å²) in [7, 11) is 0. The lowest BCUT2D eigenvalue weighted by Crippen LogP contribution is -2.39. The van der Waals surface area contributed by atoms with E-state index in [0.717, 1.165) is 106 Å². The van der Waals surface area contributed by atoms with Crippen molar-refractivity contribution in [3.63, 3.8) is 0 Å². The maximum absolute atomic E-state index is 12.6. The smallest absolute Gasteiger partial charge is 0.339 e. The predicted octanol–water partition coefficient (Wildman–Crippen LogP) is 2.55. The number of nitrogens with zero attached hydrogens (tertiary/aromatic N) is 2. The first-order chi connectivity index (χ1) is 13.8. The summed E-state index contributed by atoms with van der Waals surface area (Å²) >= 11 is 0. The van der Waals surface area contributed by atoms with Crippen molar-refractivity contribution in [1.82, 2.24) is 9.80 Å². The SMILES string of the molecule is O=c1oc2c3c(ccc2c2c1CCCC2)OCN(CCCN1CCOCC1)C3. The fourth-order valence-corrected chi connectivity index (χ4v) is 4.75. The molecule has 0 unspecified atom stereocenters. The van der Waals surface area contributed by atoms with Gasteiger partial charge in [-0.1, -0.05) is 0 Å². The zero-order chi connectivity index (χ0) is 18.9. The summed E-state index contributed by atoms with van der Waals surface area (Å²) in [5.74, 6) is 0.857. The highest BCUT2D eigenvalue weighted by atomic mass is 16.5. The molecule has 1 aromatic heterocycles. The molecule has 150 valence electrons. The lowest BCUT2D eigenvalue weighted by atomic mass is 9.90. The van der Waals surface area contributed by atoms with Crippen molar-refractivity contribution in [3.05, 3.63) is 39.2 Å². The number of hydrogen-bond acceptors (Lipinski definition) is 6. The highest BCUT2D eigenvalue weighted by Gasteiger charge is 2.25. The van der Waals surface area contributed by atoms with Gasteiger partial charge in [0.2, 0.25) is 0 Å². The van der Waals surface area contributed by atoms with Crippen molar-refractivity contribution in [1.29, 1.82) is 0 Å². The number of fused-ring (bicyclic) bond motifs is 5. The van der Waals surface area contributed by atoms with Crippen LogP contribution in [0, 0.1) is 0 Å². The molecule has 28 heavy (non-hydrogen) atoms. The van der Waals surface area contributed by atoms with Crippen LogP contribution in [0.5, 0.6) is 5.75 Å². The monoisotopic (exact) mass is 384 g/mol. The van der Waals surface area contributed by atoms with Gasteiger partial charge in [-0.3, -0.25) is 9.80 Å². The Morgan fingerprint density at radius 2 is 1.71 bits per heavy atom. The van der Waals surface area contributed by atoms with Crippen LogP contribution in [-0.4, -0.2) is 55.9 Å². The molecule has 6 heteroatoms. The largest absolute Gasteiger partial charge is 0.478 e. The summed E-state index contributed by atoms with van der Waals surface area (Å²) < 4.78 is 17.2. The number of aryl methyl sites for hydroxylation is 1. The van der Waals surface area contributed by atoms with E-state index in [1.807, 2.05) is 0 Å². The molecule has 6 nitrogen and oxygen atoms in total. The van der Waals surface area contributed by atoms with Gasteiger partial charge >= 0.3 is 5.63 Å². The third kappa shape index (κ3) is 3.45. The van der Waals surface area contributed by atoms with Crippen molar-refractivity contribution < 1.29 is 13.9 Å². The van der Waals surface area contributed by atoms with Gasteiger partial charge in [0.25, 0.3) is 0 Å².